The van der Waals surface area contributed by atoms with Gasteiger partial charge in [-0.1, -0.05) is 19.8 Å². The molecule has 4 rings (SSSR count). The van der Waals surface area contributed by atoms with Gasteiger partial charge in [0.1, 0.15) is 5.82 Å². The first-order valence-electron chi connectivity index (χ1n) is 10.7. The highest BCUT2D eigenvalue weighted by atomic mass is 32.1. The van der Waals surface area contributed by atoms with Gasteiger partial charge in [-0.15, -0.1) is 11.3 Å². The Morgan fingerprint density at radius 2 is 1.96 bits per heavy atom. The van der Waals surface area contributed by atoms with Crippen molar-refractivity contribution in [2.45, 2.75) is 39.0 Å². The van der Waals surface area contributed by atoms with Crippen LogP contribution in [0.15, 0.2) is 23.7 Å². The molecule has 1 aliphatic heterocycles. The van der Waals surface area contributed by atoms with Crippen LogP contribution in [0.1, 0.15) is 39.0 Å². The van der Waals surface area contributed by atoms with Crippen LogP contribution in [-0.2, 0) is 4.79 Å². The number of nitrogens with zero attached hydrogens (tertiary/aromatic N) is 3. The Bertz CT molecular complexity index is 791. The predicted molar refractivity (Wildman–Crippen MR) is 117 cm³/mol. The van der Waals surface area contributed by atoms with Gasteiger partial charge in [0.2, 0.25) is 5.91 Å². The van der Waals surface area contributed by atoms with Crippen molar-refractivity contribution in [3.05, 3.63) is 23.7 Å². The van der Waals surface area contributed by atoms with Gasteiger partial charge in [-0.05, 0) is 60.5 Å². The third-order valence-electron chi connectivity index (χ3n) is 6.92. The van der Waals surface area contributed by atoms with Crippen LogP contribution in [0.25, 0.3) is 10.1 Å². The van der Waals surface area contributed by atoms with E-state index in [0.717, 1.165) is 37.9 Å². The Morgan fingerprint density at radius 1 is 1.21 bits per heavy atom. The van der Waals surface area contributed by atoms with Gasteiger partial charge >= 0.3 is 0 Å². The van der Waals surface area contributed by atoms with Crippen LogP contribution in [0.2, 0.25) is 0 Å². The minimum atomic E-state index is -0.131. The lowest BCUT2D eigenvalue weighted by molar-refractivity contribution is -0.123. The van der Waals surface area contributed by atoms with E-state index in [1.807, 2.05) is 13.1 Å². The van der Waals surface area contributed by atoms with Crippen molar-refractivity contribution in [2.75, 3.05) is 37.6 Å². The summed E-state index contributed by atoms with van der Waals surface area (Å²) in [6.45, 7) is 7.57. The van der Waals surface area contributed by atoms with E-state index >= 15 is 0 Å². The minimum Gasteiger partial charge on any atom is -0.369 e. The third kappa shape index (κ3) is 4.33. The maximum absolute atomic E-state index is 11.4. The highest BCUT2D eigenvalue weighted by Crippen LogP contribution is 2.35. The van der Waals surface area contributed by atoms with Gasteiger partial charge in [-0.2, -0.15) is 0 Å². The summed E-state index contributed by atoms with van der Waals surface area (Å²) in [7, 11) is 0. The standard InChI is InChI=1S/C22H32N4OS/c1-16(21(23)27)18-4-2-17(3-5-18)7-10-25-11-13-26(14-12-25)22-20-19(6-9-24-22)8-15-28-20/h6,8-9,15-18H,2-5,7,10-14H2,1H3,(H2,23,27). The third-order valence-corrected chi connectivity index (χ3v) is 7.85. The van der Waals surface area contributed by atoms with Crippen molar-refractivity contribution >= 4 is 33.1 Å². The number of amides is 1. The van der Waals surface area contributed by atoms with Gasteiger partial charge in [0.15, 0.2) is 0 Å². The molecule has 1 saturated heterocycles. The predicted octanol–water partition coefficient (Wildman–Crippen LogP) is 3.74. The Balaban J connectivity index is 1.21. The first-order chi connectivity index (χ1) is 13.6. The molecule has 1 amide bonds. The van der Waals surface area contributed by atoms with E-state index in [0.29, 0.717) is 5.92 Å². The molecular weight excluding hydrogens is 368 g/mol. The Hall–Kier alpha value is -1.66. The first kappa shape index (κ1) is 19.6. The number of fused-ring (bicyclic) bond motifs is 1. The average Bonchev–Trinajstić information content (AvgIpc) is 3.21. The number of primary amides is 1. The molecule has 1 aliphatic carbocycles. The van der Waals surface area contributed by atoms with Gasteiger partial charge in [0.25, 0.3) is 0 Å². The van der Waals surface area contributed by atoms with E-state index < -0.39 is 0 Å². The maximum atomic E-state index is 11.4. The summed E-state index contributed by atoms with van der Waals surface area (Å²) in [6, 6.07) is 4.28. The number of carbonyl (C=O) groups excluding carboxylic acids is 1. The summed E-state index contributed by atoms with van der Waals surface area (Å²) < 4.78 is 1.32. The topological polar surface area (TPSA) is 62.5 Å². The van der Waals surface area contributed by atoms with E-state index in [4.69, 9.17) is 5.73 Å². The zero-order chi connectivity index (χ0) is 19.5. The zero-order valence-corrected chi connectivity index (χ0v) is 17.7. The van der Waals surface area contributed by atoms with Crippen LogP contribution < -0.4 is 10.6 Å². The number of piperazine rings is 1. The number of aromatic nitrogens is 1. The van der Waals surface area contributed by atoms with Crippen molar-refractivity contribution in [1.29, 1.82) is 0 Å². The van der Waals surface area contributed by atoms with Crippen LogP contribution in [0.3, 0.4) is 0 Å². The molecule has 2 aromatic heterocycles. The molecule has 6 heteroatoms. The Kier molecular flexibility index (Phi) is 6.16. The number of carbonyl (C=O) groups is 1. The molecule has 0 aromatic carbocycles. The molecule has 2 aliphatic rings. The van der Waals surface area contributed by atoms with Crippen LogP contribution >= 0.6 is 11.3 Å². The van der Waals surface area contributed by atoms with Gasteiger partial charge in [-0.3, -0.25) is 9.69 Å². The number of nitrogens with two attached hydrogens (primary N) is 1. The van der Waals surface area contributed by atoms with Crippen molar-refractivity contribution in [3.63, 3.8) is 0 Å². The summed E-state index contributed by atoms with van der Waals surface area (Å²) in [5.41, 5.74) is 5.48. The number of anilines is 1. The summed E-state index contributed by atoms with van der Waals surface area (Å²) in [6.07, 6.45) is 8.07. The molecule has 0 bridgehead atoms. The molecule has 28 heavy (non-hydrogen) atoms. The largest absolute Gasteiger partial charge is 0.369 e. The number of pyridine rings is 1. The second-order valence-corrected chi connectivity index (χ2v) is 9.48. The highest BCUT2D eigenvalue weighted by molar-refractivity contribution is 7.17. The van der Waals surface area contributed by atoms with Crippen LogP contribution in [-0.4, -0.2) is 48.5 Å². The fourth-order valence-electron chi connectivity index (χ4n) is 4.86. The second-order valence-electron chi connectivity index (χ2n) is 8.56. The van der Waals surface area contributed by atoms with Gasteiger partial charge in [0, 0.05) is 38.3 Å². The molecule has 152 valence electrons. The minimum absolute atomic E-state index is 0.0374. The molecule has 1 unspecified atom stereocenters. The summed E-state index contributed by atoms with van der Waals surface area (Å²) >= 11 is 1.79. The molecule has 0 spiro atoms. The van der Waals surface area contributed by atoms with Gasteiger partial charge in [-0.25, -0.2) is 4.98 Å². The molecule has 1 saturated carbocycles. The highest BCUT2D eigenvalue weighted by Gasteiger charge is 2.28. The van der Waals surface area contributed by atoms with Gasteiger partial charge in [0.05, 0.1) is 4.70 Å². The van der Waals surface area contributed by atoms with Crippen LogP contribution in [0.4, 0.5) is 5.82 Å². The summed E-state index contributed by atoms with van der Waals surface area (Å²) in [5, 5.41) is 3.46. The Labute approximate surface area is 171 Å². The smallest absolute Gasteiger partial charge is 0.220 e. The summed E-state index contributed by atoms with van der Waals surface area (Å²) in [4.78, 5) is 21.1. The quantitative estimate of drug-likeness (QED) is 0.802. The van der Waals surface area contributed by atoms with Crippen molar-refractivity contribution < 1.29 is 4.79 Å². The van der Waals surface area contributed by atoms with E-state index in [1.165, 1.54) is 48.7 Å². The SMILES string of the molecule is CC(C(N)=O)C1CCC(CCN2CCN(c3nccc4ccsc34)CC2)CC1. The Morgan fingerprint density at radius 3 is 2.68 bits per heavy atom. The number of rotatable bonds is 6. The van der Waals surface area contributed by atoms with Crippen LogP contribution in [0.5, 0.6) is 0 Å². The monoisotopic (exact) mass is 400 g/mol. The van der Waals surface area contributed by atoms with E-state index in [9.17, 15) is 4.79 Å². The van der Waals surface area contributed by atoms with Crippen molar-refractivity contribution in [3.8, 4) is 0 Å². The molecule has 5 nitrogen and oxygen atoms in total. The normalized spacial score (nSPS) is 25.1. The lowest BCUT2D eigenvalue weighted by Gasteiger charge is -2.37. The average molecular weight is 401 g/mol. The van der Waals surface area contributed by atoms with E-state index in [-0.39, 0.29) is 11.8 Å². The molecule has 2 N–H and O–H groups in total. The number of thiophene rings is 1. The first-order valence-corrected chi connectivity index (χ1v) is 11.6. The molecule has 1 atom stereocenters. The lowest BCUT2D eigenvalue weighted by Crippen LogP contribution is -2.47. The molecular formula is C22H32N4OS. The van der Waals surface area contributed by atoms with E-state index in [1.54, 1.807) is 11.3 Å². The zero-order valence-electron chi connectivity index (χ0n) is 16.8. The fraction of sp³-hybridized carbons (Fsp3) is 0.636. The number of hydrogen-bond acceptors (Lipinski definition) is 5. The van der Waals surface area contributed by atoms with E-state index in [2.05, 4.69) is 32.3 Å². The van der Waals surface area contributed by atoms with Crippen molar-refractivity contribution in [1.82, 2.24) is 9.88 Å². The fourth-order valence-corrected chi connectivity index (χ4v) is 5.77. The molecule has 2 fully saturated rings. The molecule has 3 heterocycles. The summed E-state index contributed by atoms with van der Waals surface area (Å²) in [5.74, 6) is 2.39. The molecule has 2 aromatic rings. The maximum Gasteiger partial charge on any atom is 0.220 e. The number of hydrogen-bond donors (Lipinski definition) is 1. The second kappa shape index (κ2) is 8.78. The van der Waals surface area contributed by atoms with Crippen LogP contribution in [0, 0.1) is 17.8 Å². The lowest BCUT2D eigenvalue weighted by atomic mass is 9.75. The van der Waals surface area contributed by atoms with Gasteiger partial charge < -0.3 is 10.6 Å². The van der Waals surface area contributed by atoms with Crippen molar-refractivity contribution in [2.24, 2.45) is 23.5 Å². The molecule has 0 radical (unpaired) electrons.